The van der Waals surface area contributed by atoms with Gasteiger partial charge in [0.1, 0.15) is 6.54 Å². The molecule has 0 aromatic heterocycles. The number of carbonyl (C=O) groups is 3. The van der Waals surface area contributed by atoms with Crippen molar-refractivity contribution in [1.29, 1.82) is 0 Å². The number of nitrogens with zero attached hydrogens (tertiary/aromatic N) is 2. The van der Waals surface area contributed by atoms with Crippen LogP contribution in [-0.4, -0.2) is 65.5 Å². The van der Waals surface area contributed by atoms with Crippen LogP contribution in [0.2, 0.25) is 0 Å². The molecule has 2 N–H and O–H groups in total. The maximum absolute atomic E-state index is 11.8. The summed E-state index contributed by atoms with van der Waals surface area (Å²) in [6.45, 7) is 6.52. The van der Waals surface area contributed by atoms with Crippen LogP contribution in [0.1, 0.15) is 27.2 Å². The smallest absolute Gasteiger partial charge is 0.317 e. The molecule has 7 heteroatoms. The Balaban J connectivity index is 4.26. The van der Waals surface area contributed by atoms with Crippen molar-refractivity contribution in [3.05, 3.63) is 0 Å². The summed E-state index contributed by atoms with van der Waals surface area (Å²) in [6, 6.07) is -0.926. The molecule has 7 nitrogen and oxygen atoms in total. The number of hydrogen-bond acceptors (Lipinski definition) is 3. The molecule has 0 aliphatic rings. The lowest BCUT2D eigenvalue weighted by Crippen LogP contribution is -2.47. The van der Waals surface area contributed by atoms with Gasteiger partial charge in [0.05, 0.1) is 6.42 Å². The van der Waals surface area contributed by atoms with E-state index in [-0.39, 0.29) is 18.9 Å². The number of carboxylic acid groups (broad SMARTS) is 1. The summed E-state index contributed by atoms with van der Waals surface area (Å²) < 4.78 is 0. The van der Waals surface area contributed by atoms with Crippen LogP contribution in [0.25, 0.3) is 0 Å². The molecule has 1 atom stereocenters. The van der Waals surface area contributed by atoms with Crippen molar-refractivity contribution in [2.45, 2.75) is 33.2 Å². The lowest BCUT2D eigenvalue weighted by atomic mass is 10.2. The van der Waals surface area contributed by atoms with E-state index >= 15 is 0 Å². The Morgan fingerprint density at radius 1 is 1.21 bits per heavy atom. The van der Waals surface area contributed by atoms with Crippen molar-refractivity contribution >= 4 is 17.9 Å². The summed E-state index contributed by atoms with van der Waals surface area (Å²) in [5, 5.41) is 11.1. The monoisotopic (exact) mass is 273 g/mol. The van der Waals surface area contributed by atoms with Gasteiger partial charge in [0.15, 0.2) is 0 Å². The third kappa shape index (κ3) is 6.64. The second kappa shape index (κ2) is 8.34. The van der Waals surface area contributed by atoms with Crippen LogP contribution >= 0.6 is 0 Å². The zero-order valence-corrected chi connectivity index (χ0v) is 12.0. The van der Waals surface area contributed by atoms with Crippen LogP contribution in [-0.2, 0) is 9.59 Å². The Hall–Kier alpha value is -1.79. The Morgan fingerprint density at radius 2 is 1.74 bits per heavy atom. The lowest BCUT2D eigenvalue weighted by Gasteiger charge is -2.24. The fourth-order valence-corrected chi connectivity index (χ4v) is 1.58. The molecular formula is C12H23N3O4. The summed E-state index contributed by atoms with van der Waals surface area (Å²) in [6.07, 6.45) is -0.149. The molecule has 0 saturated heterocycles. The Kier molecular flexibility index (Phi) is 7.55. The Labute approximate surface area is 113 Å². The number of nitrogens with one attached hydrogen (secondary N) is 1. The van der Waals surface area contributed by atoms with E-state index in [1.807, 2.05) is 13.8 Å². The van der Waals surface area contributed by atoms with Gasteiger partial charge in [-0.05, 0) is 20.8 Å². The van der Waals surface area contributed by atoms with E-state index < -0.39 is 18.0 Å². The number of carbonyl (C=O) groups excluding carboxylic acids is 2. The summed E-state index contributed by atoms with van der Waals surface area (Å²) in [5.74, 6) is -1.11. The number of carboxylic acids is 1. The van der Waals surface area contributed by atoms with Crippen LogP contribution in [0.5, 0.6) is 0 Å². The SMILES string of the molecule is CCN(CC)C(=O)CN(C)C(=O)NC(C)CC(=O)O. The first-order chi connectivity index (χ1) is 8.81. The van der Waals surface area contributed by atoms with Gasteiger partial charge in [0, 0.05) is 26.2 Å². The number of amides is 3. The lowest BCUT2D eigenvalue weighted by molar-refractivity contribution is -0.137. The van der Waals surface area contributed by atoms with Crippen molar-refractivity contribution in [2.75, 3.05) is 26.7 Å². The molecule has 0 saturated carbocycles. The van der Waals surface area contributed by atoms with E-state index in [4.69, 9.17) is 5.11 Å². The number of hydrogen-bond donors (Lipinski definition) is 2. The van der Waals surface area contributed by atoms with Crippen molar-refractivity contribution in [2.24, 2.45) is 0 Å². The van der Waals surface area contributed by atoms with Gasteiger partial charge >= 0.3 is 12.0 Å². The van der Waals surface area contributed by atoms with E-state index in [9.17, 15) is 14.4 Å². The first-order valence-corrected chi connectivity index (χ1v) is 6.32. The van der Waals surface area contributed by atoms with E-state index in [0.717, 1.165) is 0 Å². The predicted molar refractivity (Wildman–Crippen MR) is 70.8 cm³/mol. The van der Waals surface area contributed by atoms with Crippen LogP contribution < -0.4 is 5.32 Å². The van der Waals surface area contributed by atoms with Gasteiger partial charge < -0.3 is 20.2 Å². The number of likely N-dealkylation sites (N-methyl/N-ethyl adjacent to an activating group) is 2. The van der Waals surface area contributed by atoms with E-state index in [2.05, 4.69) is 5.32 Å². The normalized spacial score (nSPS) is 11.6. The molecule has 0 aliphatic carbocycles. The minimum Gasteiger partial charge on any atom is -0.481 e. The van der Waals surface area contributed by atoms with Crippen molar-refractivity contribution in [3.63, 3.8) is 0 Å². The zero-order chi connectivity index (χ0) is 15.0. The first-order valence-electron chi connectivity index (χ1n) is 6.32. The average Bonchev–Trinajstić information content (AvgIpc) is 2.28. The number of rotatable bonds is 7. The van der Waals surface area contributed by atoms with E-state index in [1.54, 1.807) is 11.8 Å². The fourth-order valence-electron chi connectivity index (χ4n) is 1.58. The van der Waals surface area contributed by atoms with Crippen molar-refractivity contribution in [1.82, 2.24) is 15.1 Å². The van der Waals surface area contributed by atoms with Gasteiger partial charge in [-0.15, -0.1) is 0 Å². The van der Waals surface area contributed by atoms with Gasteiger partial charge in [-0.3, -0.25) is 9.59 Å². The average molecular weight is 273 g/mol. The standard InChI is InChI=1S/C12H23N3O4/c1-5-15(6-2)10(16)8-14(4)12(19)13-9(3)7-11(17)18/h9H,5-8H2,1-4H3,(H,13,19)(H,17,18). The molecular weight excluding hydrogens is 250 g/mol. The number of aliphatic carboxylic acids is 1. The molecule has 3 amide bonds. The fraction of sp³-hybridized carbons (Fsp3) is 0.750. The highest BCUT2D eigenvalue weighted by Crippen LogP contribution is 1.96. The minimum atomic E-state index is -0.977. The van der Waals surface area contributed by atoms with Crippen LogP contribution in [0.15, 0.2) is 0 Å². The molecule has 0 aromatic rings. The van der Waals surface area contributed by atoms with E-state index in [1.165, 1.54) is 11.9 Å². The second-order valence-electron chi connectivity index (χ2n) is 4.37. The Morgan fingerprint density at radius 3 is 2.16 bits per heavy atom. The highest BCUT2D eigenvalue weighted by molar-refractivity contribution is 5.84. The molecule has 0 heterocycles. The predicted octanol–water partition coefficient (Wildman–Crippen LogP) is 0.359. The van der Waals surface area contributed by atoms with Gasteiger partial charge in [0.25, 0.3) is 0 Å². The highest BCUT2D eigenvalue weighted by Gasteiger charge is 2.18. The van der Waals surface area contributed by atoms with E-state index in [0.29, 0.717) is 13.1 Å². The molecule has 110 valence electrons. The molecule has 0 radical (unpaired) electrons. The zero-order valence-electron chi connectivity index (χ0n) is 12.0. The summed E-state index contributed by atoms with van der Waals surface area (Å²) in [4.78, 5) is 36.9. The topological polar surface area (TPSA) is 90.0 Å². The summed E-state index contributed by atoms with van der Waals surface area (Å²) in [7, 11) is 1.50. The van der Waals surface area contributed by atoms with Gasteiger partial charge in [-0.2, -0.15) is 0 Å². The third-order valence-electron chi connectivity index (χ3n) is 2.69. The molecule has 0 rings (SSSR count). The highest BCUT2D eigenvalue weighted by atomic mass is 16.4. The number of urea groups is 1. The van der Waals surface area contributed by atoms with Crippen LogP contribution in [0.4, 0.5) is 4.79 Å². The van der Waals surface area contributed by atoms with Crippen LogP contribution in [0, 0.1) is 0 Å². The molecule has 1 unspecified atom stereocenters. The first kappa shape index (κ1) is 17.2. The second-order valence-corrected chi connectivity index (χ2v) is 4.37. The minimum absolute atomic E-state index is 0.0205. The van der Waals surface area contributed by atoms with Crippen LogP contribution in [0.3, 0.4) is 0 Å². The molecule has 0 bridgehead atoms. The molecule has 0 fully saturated rings. The maximum Gasteiger partial charge on any atom is 0.317 e. The molecule has 0 aromatic carbocycles. The third-order valence-corrected chi connectivity index (χ3v) is 2.69. The molecule has 0 aliphatic heterocycles. The molecule has 0 spiro atoms. The van der Waals surface area contributed by atoms with Gasteiger partial charge in [-0.1, -0.05) is 0 Å². The maximum atomic E-state index is 11.8. The summed E-state index contributed by atoms with van der Waals surface area (Å²) in [5.41, 5.74) is 0. The van der Waals surface area contributed by atoms with Crippen molar-refractivity contribution < 1.29 is 19.5 Å². The van der Waals surface area contributed by atoms with Gasteiger partial charge in [0.2, 0.25) is 5.91 Å². The van der Waals surface area contributed by atoms with Crippen molar-refractivity contribution in [3.8, 4) is 0 Å². The Bertz CT molecular complexity index is 329. The largest absolute Gasteiger partial charge is 0.481 e. The van der Waals surface area contributed by atoms with Gasteiger partial charge in [-0.25, -0.2) is 4.79 Å². The summed E-state index contributed by atoms with van der Waals surface area (Å²) >= 11 is 0. The molecule has 19 heavy (non-hydrogen) atoms. The quantitative estimate of drug-likeness (QED) is 0.700.